The fourth-order valence-electron chi connectivity index (χ4n) is 3.22. The minimum atomic E-state index is -0.236. The van der Waals surface area contributed by atoms with Gasteiger partial charge < -0.3 is 15.3 Å². The molecule has 1 atom stereocenters. The molecule has 1 aliphatic heterocycles. The fraction of sp³-hybridized carbons (Fsp3) is 0.238. The van der Waals surface area contributed by atoms with E-state index in [0.29, 0.717) is 30.3 Å². The second kappa shape index (κ2) is 7.44. The number of phenolic OH excluding ortho intramolecular Hbond substituents is 1. The summed E-state index contributed by atoms with van der Waals surface area (Å²) >= 11 is 0. The van der Waals surface area contributed by atoms with E-state index >= 15 is 0 Å². The van der Waals surface area contributed by atoms with Crippen molar-refractivity contribution in [2.75, 3.05) is 11.4 Å². The molecule has 0 bridgehead atoms. The first-order chi connectivity index (χ1) is 12.5. The maximum atomic E-state index is 13.0. The van der Waals surface area contributed by atoms with Crippen LogP contribution in [0.3, 0.4) is 0 Å². The fourth-order valence-corrected chi connectivity index (χ4v) is 3.22. The average Bonchev–Trinajstić information content (AvgIpc) is 2.67. The molecule has 0 aliphatic carbocycles. The molecule has 1 unspecified atom stereocenters. The van der Waals surface area contributed by atoms with Crippen molar-refractivity contribution in [2.24, 2.45) is 0 Å². The number of fused-ring (bicyclic) bond motifs is 1. The van der Waals surface area contributed by atoms with E-state index in [1.165, 1.54) is 6.08 Å². The molecular formula is C21H22N2O3. The standard InChI is InChI=1S/C21H22N2O3/c1-3-19(25)22-13-15-7-9-16(10-8-15)21(26)23-12-11-14(2)17-5-4-6-18(24)20(17)23/h3-10,14,24H,1,11-13H2,2H3,(H,22,25). The molecule has 0 saturated heterocycles. The Labute approximate surface area is 153 Å². The number of phenols is 1. The molecule has 26 heavy (non-hydrogen) atoms. The molecule has 1 aliphatic rings. The molecule has 0 aromatic heterocycles. The number of aromatic hydroxyl groups is 1. The predicted molar refractivity (Wildman–Crippen MR) is 101 cm³/mol. The lowest BCUT2D eigenvalue weighted by atomic mass is 9.90. The van der Waals surface area contributed by atoms with E-state index in [0.717, 1.165) is 17.5 Å². The van der Waals surface area contributed by atoms with Crippen molar-refractivity contribution in [3.05, 3.63) is 71.8 Å². The highest BCUT2D eigenvalue weighted by Gasteiger charge is 2.29. The highest BCUT2D eigenvalue weighted by Crippen LogP contribution is 2.41. The minimum absolute atomic E-state index is 0.131. The van der Waals surface area contributed by atoms with Crippen LogP contribution in [0.15, 0.2) is 55.1 Å². The van der Waals surface area contributed by atoms with Crippen molar-refractivity contribution < 1.29 is 14.7 Å². The maximum Gasteiger partial charge on any atom is 0.258 e. The summed E-state index contributed by atoms with van der Waals surface area (Å²) in [7, 11) is 0. The second-order valence-electron chi connectivity index (χ2n) is 6.48. The van der Waals surface area contributed by atoms with Gasteiger partial charge in [-0.15, -0.1) is 0 Å². The van der Waals surface area contributed by atoms with E-state index < -0.39 is 0 Å². The van der Waals surface area contributed by atoms with Gasteiger partial charge in [-0.25, -0.2) is 0 Å². The molecule has 5 heteroatoms. The van der Waals surface area contributed by atoms with Crippen molar-refractivity contribution in [3.63, 3.8) is 0 Å². The zero-order valence-corrected chi connectivity index (χ0v) is 14.7. The number of carbonyl (C=O) groups is 2. The Kier molecular flexibility index (Phi) is 5.07. The van der Waals surface area contributed by atoms with Crippen LogP contribution >= 0.6 is 0 Å². The number of carbonyl (C=O) groups excluding carboxylic acids is 2. The molecule has 0 saturated carbocycles. The van der Waals surface area contributed by atoms with Crippen LogP contribution in [-0.2, 0) is 11.3 Å². The summed E-state index contributed by atoms with van der Waals surface area (Å²) in [5, 5.41) is 13.0. The summed E-state index contributed by atoms with van der Waals surface area (Å²) in [5.41, 5.74) is 3.05. The molecule has 2 N–H and O–H groups in total. The number of benzene rings is 2. The van der Waals surface area contributed by atoms with Crippen LogP contribution in [-0.4, -0.2) is 23.5 Å². The number of anilines is 1. The molecular weight excluding hydrogens is 328 g/mol. The van der Waals surface area contributed by atoms with E-state index in [1.54, 1.807) is 23.1 Å². The van der Waals surface area contributed by atoms with Gasteiger partial charge in [0, 0.05) is 18.7 Å². The molecule has 134 valence electrons. The molecule has 5 nitrogen and oxygen atoms in total. The van der Waals surface area contributed by atoms with E-state index in [-0.39, 0.29) is 17.6 Å². The summed E-state index contributed by atoms with van der Waals surface area (Å²) in [6, 6.07) is 12.5. The third-order valence-electron chi connectivity index (χ3n) is 4.73. The minimum Gasteiger partial charge on any atom is -0.506 e. The lowest BCUT2D eigenvalue weighted by molar-refractivity contribution is -0.116. The van der Waals surface area contributed by atoms with Gasteiger partial charge in [0.05, 0.1) is 5.69 Å². The van der Waals surface area contributed by atoms with Crippen LogP contribution in [0.25, 0.3) is 0 Å². The Morgan fingerprint density at radius 2 is 2.00 bits per heavy atom. The maximum absolute atomic E-state index is 13.0. The highest BCUT2D eigenvalue weighted by molar-refractivity contribution is 6.07. The van der Waals surface area contributed by atoms with E-state index in [1.807, 2.05) is 24.3 Å². The van der Waals surface area contributed by atoms with Gasteiger partial charge in [0.2, 0.25) is 5.91 Å². The summed E-state index contributed by atoms with van der Waals surface area (Å²) in [5.74, 6) is 0.0594. The second-order valence-corrected chi connectivity index (χ2v) is 6.48. The quantitative estimate of drug-likeness (QED) is 0.831. The monoisotopic (exact) mass is 350 g/mol. The first kappa shape index (κ1) is 17.7. The van der Waals surface area contributed by atoms with E-state index in [9.17, 15) is 14.7 Å². The van der Waals surface area contributed by atoms with Gasteiger partial charge in [0.15, 0.2) is 0 Å². The Hall–Kier alpha value is -3.08. The van der Waals surface area contributed by atoms with Gasteiger partial charge >= 0.3 is 0 Å². The largest absolute Gasteiger partial charge is 0.506 e. The van der Waals surface area contributed by atoms with Crippen molar-refractivity contribution >= 4 is 17.5 Å². The van der Waals surface area contributed by atoms with Crippen LogP contribution in [0, 0.1) is 0 Å². The van der Waals surface area contributed by atoms with E-state index in [4.69, 9.17) is 0 Å². The Bertz CT molecular complexity index is 843. The van der Waals surface area contributed by atoms with Gasteiger partial charge in [0.25, 0.3) is 5.91 Å². The van der Waals surface area contributed by atoms with Gasteiger partial charge in [-0.1, -0.05) is 37.8 Å². The molecule has 2 amide bonds. The van der Waals surface area contributed by atoms with Crippen LogP contribution in [0.4, 0.5) is 5.69 Å². The number of amides is 2. The van der Waals surface area contributed by atoms with Crippen molar-refractivity contribution in [2.45, 2.75) is 25.8 Å². The smallest absolute Gasteiger partial charge is 0.258 e. The summed E-state index contributed by atoms with van der Waals surface area (Å²) < 4.78 is 0. The Balaban J connectivity index is 1.81. The van der Waals surface area contributed by atoms with Gasteiger partial charge in [-0.3, -0.25) is 9.59 Å². The first-order valence-corrected chi connectivity index (χ1v) is 8.64. The third kappa shape index (κ3) is 3.47. The summed E-state index contributed by atoms with van der Waals surface area (Å²) in [6.45, 7) is 6.46. The molecule has 1 heterocycles. The molecule has 3 rings (SSSR count). The van der Waals surface area contributed by atoms with Crippen LogP contribution in [0.5, 0.6) is 5.75 Å². The SMILES string of the molecule is C=CC(=O)NCc1ccc(C(=O)N2CCC(C)c3cccc(O)c32)cc1. The molecule has 0 spiro atoms. The van der Waals surface area contributed by atoms with Gasteiger partial charge in [-0.2, -0.15) is 0 Å². The summed E-state index contributed by atoms with van der Waals surface area (Å²) in [4.78, 5) is 25.9. The first-order valence-electron chi connectivity index (χ1n) is 8.64. The topological polar surface area (TPSA) is 69.6 Å². The normalized spacial score (nSPS) is 15.9. The van der Waals surface area contributed by atoms with Crippen molar-refractivity contribution in [1.29, 1.82) is 0 Å². The number of rotatable bonds is 4. The number of nitrogens with zero attached hydrogens (tertiary/aromatic N) is 1. The Morgan fingerprint density at radius 3 is 2.69 bits per heavy atom. The number of hydrogen-bond donors (Lipinski definition) is 2. The van der Waals surface area contributed by atoms with Crippen LogP contribution < -0.4 is 10.2 Å². The van der Waals surface area contributed by atoms with Crippen LogP contribution in [0.2, 0.25) is 0 Å². The van der Waals surface area contributed by atoms with Gasteiger partial charge in [-0.05, 0) is 47.7 Å². The van der Waals surface area contributed by atoms with Crippen LogP contribution in [0.1, 0.15) is 40.7 Å². The zero-order valence-electron chi connectivity index (χ0n) is 14.7. The molecule has 2 aromatic carbocycles. The average molecular weight is 350 g/mol. The zero-order chi connectivity index (χ0) is 18.7. The molecule has 0 radical (unpaired) electrons. The number of hydrogen-bond acceptors (Lipinski definition) is 3. The van der Waals surface area contributed by atoms with Crippen molar-refractivity contribution in [1.82, 2.24) is 5.32 Å². The third-order valence-corrected chi connectivity index (χ3v) is 4.73. The highest BCUT2D eigenvalue weighted by atomic mass is 16.3. The van der Waals surface area contributed by atoms with Gasteiger partial charge in [0.1, 0.15) is 5.75 Å². The van der Waals surface area contributed by atoms with Crippen molar-refractivity contribution in [3.8, 4) is 5.75 Å². The molecule has 2 aromatic rings. The Morgan fingerprint density at radius 1 is 1.27 bits per heavy atom. The number of para-hydroxylation sites is 1. The number of nitrogens with one attached hydrogen (secondary N) is 1. The lowest BCUT2D eigenvalue weighted by Crippen LogP contribution is -2.36. The molecule has 0 fully saturated rings. The summed E-state index contributed by atoms with van der Waals surface area (Å²) in [6.07, 6.45) is 2.08. The lowest BCUT2D eigenvalue weighted by Gasteiger charge is -2.33. The predicted octanol–water partition coefficient (Wildman–Crippen LogP) is 3.35. The van der Waals surface area contributed by atoms with E-state index in [2.05, 4.69) is 18.8 Å².